The fraction of sp³-hybridized carbons (Fsp3) is 0.839. The van der Waals surface area contributed by atoms with Gasteiger partial charge in [0.15, 0.2) is 5.78 Å². The predicted octanol–water partition coefficient (Wildman–Crippen LogP) is 8.53. The van der Waals surface area contributed by atoms with Crippen molar-refractivity contribution in [1.82, 2.24) is 0 Å². The van der Waals surface area contributed by atoms with E-state index in [2.05, 4.69) is 41.2 Å². The lowest BCUT2D eigenvalue weighted by Crippen LogP contribution is -2.56. The summed E-state index contributed by atoms with van der Waals surface area (Å²) >= 11 is 0. The van der Waals surface area contributed by atoms with Gasteiger partial charge < -0.3 is 5.11 Å². The van der Waals surface area contributed by atoms with Gasteiger partial charge in [0.05, 0.1) is 6.26 Å². The molecule has 4 aliphatic carbocycles. The smallest absolute Gasteiger partial charge is 0.165 e. The van der Waals surface area contributed by atoms with Crippen LogP contribution in [0.5, 0.6) is 0 Å². The molecule has 1 unspecified atom stereocenters. The van der Waals surface area contributed by atoms with E-state index in [1.807, 2.05) is 6.08 Å². The maximum Gasteiger partial charge on any atom is 0.165 e. The van der Waals surface area contributed by atoms with Crippen LogP contribution in [-0.4, -0.2) is 10.9 Å². The number of ketones is 1. The number of carbonyl (C=O) groups is 1. The minimum Gasteiger partial charge on any atom is -0.515 e. The minimum absolute atomic E-state index is 0.0196. The van der Waals surface area contributed by atoms with Gasteiger partial charge in [-0.15, -0.1) is 6.58 Å². The molecule has 0 aromatic rings. The van der Waals surface area contributed by atoms with Crippen molar-refractivity contribution in [2.24, 2.45) is 58.2 Å². The van der Waals surface area contributed by atoms with Gasteiger partial charge in [-0.1, -0.05) is 60.0 Å². The first-order valence-corrected chi connectivity index (χ1v) is 14.2. The summed E-state index contributed by atoms with van der Waals surface area (Å²) in [7, 11) is 0. The molecule has 186 valence electrons. The first kappa shape index (κ1) is 25.1. The molecule has 0 spiro atoms. The Balaban J connectivity index is 1.54. The molecule has 2 heteroatoms. The van der Waals surface area contributed by atoms with E-state index in [1.54, 1.807) is 0 Å². The van der Waals surface area contributed by atoms with Gasteiger partial charge in [0.2, 0.25) is 0 Å². The van der Waals surface area contributed by atoms with Gasteiger partial charge in [0, 0.05) is 11.5 Å². The third-order valence-corrected chi connectivity index (χ3v) is 11.4. The van der Waals surface area contributed by atoms with Crippen molar-refractivity contribution in [3.63, 3.8) is 0 Å². The maximum atomic E-state index is 13.1. The Hall–Kier alpha value is -1.05. The average molecular weight is 455 g/mol. The number of Topliss-reactive ketones (excluding diaryl/α,β-unsaturated/α-hetero) is 1. The van der Waals surface area contributed by atoms with Crippen LogP contribution in [0.4, 0.5) is 0 Å². The molecule has 4 rings (SSSR count). The number of hydrogen-bond donors (Lipinski definition) is 1. The van der Waals surface area contributed by atoms with E-state index in [-0.39, 0.29) is 17.1 Å². The molecule has 0 aromatic carbocycles. The third kappa shape index (κ3) is 4.16. The molecule has 0 saturated heterocycles. The summed E-state index contributed by atoms with van der Waals surface area (Å²) < 4.78 is 0. The standard InChI is InChI=1S/C31H50O2/c1-7-9-24-27-13-12-23-26-15-14-25(21(4)11-8-10-20(2)3)30(26,5)17-16-28(23)31(27,6)18-22(19-32)29(24)33/h7,19-21,23-28,32H,1,8-18H2,2-6H3/t21-,23+,24+,25-,26+,27?,28+,30-,31+/m1/s1. The van der Waals surface area contributed by atoms with Gasteiger partial charge in [-0.2, -0.15) is 0 Å². The molecule has 0 aromatic heterocycles. The highest BCUT2D eigenvalue weighted by molar-refractivity contribution is 5.98. The Morgan fingerprint density at radius 1 is 1.00 bits per heavy atom. The number of rotatable bonds is 7. The third-order valence-electron chi connectivity index (χ3n) is 11.4. The predicted molar refractivity (Wildman–Crippen MR) is 138 cm³/mol. The normalized spacial score (nSPS) is 44.9. The summed E-state index contributed by atoms with van der Waals surface area (Å²) in [5, 5.41) is 9.93. The number of aliphatic hydroxyl groups is 1. The van der Waals surface area contributed by atoms with E-state index >= 15 is 0 Å². The molecule has 2 nitrogen and oxygen atoms in total. The summed E-state index contributed by atoms with van der Waals surface area (Å²) in [4.78, 5) is 13.1. The second-order valence-corrected chi connectivity index (χ2v) is 13.4. The molecule has 9 atom stereocenters. The molecule has 0 heterocycles. The van der Waals surface area contributed by atoms with E-state index in [0.29, 0.717) is 22.8 Å². The summed E-state index contributed by atoms with van der Waals surface area (Å²) in [6.07, 6.45) is 16.7. The van der Waals surface area contributed by atoms with Gasteiger partial charge in [0.25, 0.3) is 0 Å². The summed E-state index contributed by atoms with van der Waals surface area (Å²) in [6.45, 7) is 16.3. The molecule has 1 N–H and O–H groups in total. The second kappa shape index (κ2) is 9.54. The van der Waals surface area contributed by atoms with Crippen LogP contribution in [0, 0.1) is 58.2 Å². The Morgan fingerprint density at radius 3 is 2.36 bits per heavy atom. The molecule has 33 heavy (non-hydrogen) atoms. The zero-order valence-electron chi connectivity index (χ0n) is 22.1. The second-order valence-electron chi connectivity index (χ2n) is 13.4. The van der Waals surface area contributed by atoms with Crippen molar-refractivity contribution >= 4 is 5.78 Å². The SMILES string of the molecule is C=CC[C@@H]1C(=O)C(=CO)C[C@@]2(C)C1CC[C@H]1[C@@H]3CC[C@H]([C@H](C)CCCC(C)C)[C@@]3(C)CC[C@@H]12. The number of fused-ring (bicyclic) bond motifs is 5. The van der Waals surface area contributed by atoms with E-state index in [4.69, 9.17) is 0 Å². The molecular formula is C31H50O2. The molecule has 4 aliphatic rings. The Morgan fingerprint density at radius 2 is 1.70 bits per heavy atom. The molecule has 0 radical (unpaired) electrons. The van der Waals surface area contributed by atoms with Crippen molar-refractivity contribution in [2.75, 3.05) is 0 Å². The molecule has 4 fully saturated rings. The number of carbonyl (C=O) groups excluding carboxylic acids is 1. The lowest BCUT2D eigenvalue weighted by molar-refractivity contribution is -0.144. The Kier molecular flexibility index (Phi) is 7.24. The Labute approximate surface area is 203 Å². The highest BCUT2D eigenvalue weighted by Crippen LogP contribution is 2.69. The summed E-state index contributed by atoms with van der Waals surface area (Å²) in [5.41, 5.74) is 1.32. The van der Waals surface area contributed by atoms with Crippen LogP contribution in [0.1, 0.15) is 105 Å². The van der Waals surface area contributed by atoms with Gasteiger partial charge in [-0.25, -0.2) is 0 Å². The van der Waals surface area contributed by atoms with Crippen LogP contribution >= 0.6 is 0 Å². The highest BCUT2D eigenvalue weighted by Gasteiger charge is 2.62. The molecule has 0 aliphatic heterocycles. The van der Waals surface area contributed by atoms with Gasteiger partial charge in [0.1, 0.15) is 0 Å². The van der Waals surface area contributed by atoms with E-state index in [9.17, 15) is 9.90 Å². The van der Waals surface area contributed by atoms with Crippen molar-refractivity contribution in [1.29, 1.82) is 0 Å². The van der Waals surface area contributed by atoms with E-state index in [0.717, 1.165) is 48.7 Å². The van der Waals surface area contributed by atoms with Gasteiger partial charge >= 0.3 is 0 Å². The molecule has 4 saturated carbocycles. The maximum absolute atomic E-state index is 13.1. The first-order chi connectivity index (χ1) is 15.7. The molecule has 0 amide bonds. The van der Waals surface area contributed by atoms with Gasteiger partial charge in [-0.05, 0) is 104 Å². The van der Waals surface area contributed by atoms with Crippen LogP contribution in [0.2, 0.25) is 0 Å². The van der Waals surface area contributed by atoms with Crippen LogP contribution in [0.3, 0.4) is 0 Å². The molecular weight excluding hydrogens is 404 g/mol. The zero-order valence-corrected chi connectivity index (χ0v) is 22.1. The van der Waals surface area contributed by atoms with Crippen LogP contribution < -0.4 is 0 Å². The largest absolute Gasteiger partial charge is 0.515 e. The van der Waals surface area contributed by atoms with E-state index in [1.165, 1.54) is 57.8 Å². The zero-order chi connectivity index (χ0) is 24.0. The Bertz CT molecular complexity index is 765. The topological polar surface area (TPSA) is 37.3 Å². The number of hydrogen-bond acceptors (Lipinski definition) is 2. The molecule has 0 bridgehead atoms. The number of allylic oxidation sites excluding steroid dienone is 2. The fourth-order valence-electron chi connectivity index (χ4n) is 9.91. The quantitative estimate of drug-likeness (QED) is 0.238. The fourth-order valence-corrected chi connectivity index (χ4v) is 9.91. The van der Waals surface area contributed by atoms with Crippen molar-refractivity contribution < 1.29 is 9.90 Å². The van der Waals surface area contributed by atoms with Gasteiger partial charge in [-0.3, -0.25) is 4.79 Å². The minimum atomic E-state index is 0.0196. The van der Waals surface area contributed by atoms with Crippen LogP contribution in [0.15, 0.2) is 24.5 Å². The monoisotopic (exact) mass is 454 g/mol. The number of aliphatic hydroxyl groups excluding tert-OH is 1. The summed E-state index contributed by atoms with van der Waals surface area (Å²) in [6, 6.07) is 0. The van der Waals surface area contributed by atoms with Crippen molar-refractivity contribution in [3.8, 4) is 0 Å². The first-order valence-electron chi connectivity index (χ1n) is 14.2. The lowest BCUT2D eigenvalue weighted by Gasteiger charge is -2.62. The van der Waals surface area contributed by atoms with Crippen molar-refractivity contribution in [3.05, 3.63) is 24.5 Å². The average Bonchev–Trinajstić information content (AvgIpc) is 3.12. The highest BCUT2D eigenvalue weighted by atomic mass is 16.2. The summed E-state index contributed by atoms with van der Waals surface area (Å²) in [5.74, 6) is 5.55. The van der Waals surface area contributed by atoms with E-state index < -0.39 is 0 Å². The van der Waals surface area contributed by atoms with Crippen molar-refractivity contribution in [2.45, 2.75) is 105 Å². The van der Waals surface area contributed by atoms with Crippen LogP contribution in [-0.2, 0) is 4.79 Å². The van der Waals surface area contributed by atoms with Crippen LogP contribution in [0.25, 0.3) is 0 Å². The lowest BCUT2D eigenvalue weighted by atomic mass is 9.42.